The fourth-order valence-corrected chi connectivity index (χ4v) is 7.82. The quantitative estimate of drug-likeness (QED) is 0.303. The van der Waals surface area contributed by atoms with E-state index in [1.54, 1.807) is 0 Å². The van der Waals surface area contributed by atoms with Crippen LogP contribution in [0.4, 0.5) is 0 Å². The zero-order chi connectivity index (χ0) is 22.5. The summed E-state index contributed by atoms with van der Waals surface area (Å²) in [6.45, 7) is 9.46. The molecule has 5 rings (SSSR count). The summed E-state index contributed by atoms with van der Waals surface area (Å²) in [7, 11) is 0. The number of unbranched alkanes of at least 4 members (excludes halogenated alkanes) is 8. The summed E-state index contributed by atoms with van der Waals surface area (Å²) in [5, 5.41) is 2.11. The first-order chi connectivity index (χ1) is 15.4. The second kappa shape index (κ2) is 8.85. The number of hydrogen-bond acceptors (Lipinski definition) is 5. The molecule has 182 valence electrons. The Morgan fingerprint density at radius 3 is 2.41 bits per heavy atom. The molecule has 5 fully saturated rings. The molecule has 3 aliphatic heterocycles. The van der Waals surface area contributed by atoms with E-state index in [1.807, 2.05) is 0 Å². The molecule has 2 aliphatic carbocycles. The molecule has 3 saturated heterocycles. The first-order valence-corrected chi connectivity index (χ1v) is 13.7. The van der Waals surface area contributed by atoms with Crippen LogP contribution >= 0.6 is 0 Å². The van der Waals surface area contributed by atoms with Crippen LogP contribution in [0, 0.1) is 22.7 Å². The van der Waals surface area contributed by atoms with Gasteiger partial charge in [0, 0.05) is 11.8 Å². The third-order valence-electron chi connectivity index (χ3n) is 10.2. The number of esters is 1. The van der Waals surface area contributed by atoms with Gasteiger partial charge in [-0.15, -0.1) is 0 Å². The highest BCUT2D eigenvalue weighted by atomic mass is 16.8. The van der Waals surface area contributed by atoms with Gasteiger partial charge in [-0.1, -0.05) is 79.1 Å². The third-order valence-corrected chi connectivity index (χ3v) is 10.2. The zero-order valence-corrected chi connectivity index (χ0v) is 20.8. The molecule has 0 N–H and O–H groups in total. The van der Waals surface area contributed by atoms with Crippen LogP contribution in [-0.4, -0.2) is 41.6 Å². The number of carbonyl (C=O) groups is 1. The summed E-state index contributed by atoms with van der Waals surface area (Å²) >= 11 is 0. The van der Waals surface area contributed by atoms with E-state index in [1.165, 1.54) is 64.2 Å². The lowest BCUT2D eigenvalue weighted by Gasteiger charge is -2.39. The van der Waals surface area contributed by atoms with Gasteiger partial charge in [-0.25, -0.2) is 0 Å². The Bertz CT molecular complexity index is 695. The molecular weight excluding hydrogens is 402 g/mol. The van der Waals surface area contributed by atoms with Crippen molar-refractivity contribution in [2.24, 2.45) is 22.7 Å². The Morgan fingerprint density at radius 1 is 1.00 bits per heavy atom. The lowest BCUT2D eigenvalue weighted by Crippen LogP contribution is -2.45. The summed E-state index contributed by atoms with van der Waals surface area (Å²) in [4.78, 5) is 19.5. The third kappa shape index (κ3) is 3.56. The molecular formula is C27H45NO4. The first kappa shape index (κ1) is 23.1. The largest absolute Gasteiger partial charge is 0.462 e. The molecule has 0 aromatic heterocycles. The summed E-state index contributed by atoms with van der Waals surface area (Å²) in [6, 6.07) is 0.294. The highest BCUT2D eigenvalue weighted by molar-refractivity contribution is 5.75. The monoisotopic (exact) mass is 447 g/mol. The molecule has 32 heavy (non-hydrogen) atoms. The van der Waals surface area contributed by atoms with Gasteiger partial charge in [0.25, 0.3) is 0 Å². The highest BCUT2D eigenvalue weighted by Crippen LogP contribution is 2.70. The van der Waals surface area contributed by atoms with E-state index in [0.717, 1.165) is 19.3 Å². The van der Waals surface area contributed by atoms with Crippen molar-refractivity contribution in [1.29, 1.82) is 0 Å². The number of hydrogen-bond donors (Lipinski definition) is 0. The first-order valence-electron chi connectivity index (χ1n) is 13.7. The van der Waals surface area contributed by atoms with Gasteiger partial charge < -0.3 is 9.47 Å². The van der Waals surface area contributed by atoms with Crippen LogP contribution in [0.3, 0.4) is 0 Å². The molecule has 5 aliphatic rings. The van der Waals surface area contributed by atoms with Gasteiger partial charge in [-0.3, -0.25) is 9.63 Å². The zero-order valence-electron chi connectivity index (χ0n) is 20.8. The molecule has 0 amide bonds. The predicted molar refractivity (Wildman–Crippen MR) is 124 cm³/mol. The Kier molecular flexibility index (Phi) is 6.39. The molecule has 0 radical (unpaired) electrons. The molecule has 0 aromatic carbocycles. The van der Waals surface area contributed by atoms with Gasteiger partial charge in [-0.05, 0) is 37.0 Å². The Morgan fingerprint density at radius 2 is 1.69 bits per heavy atom. The van der Waals surface area contributed by atoms with Crippen LogP contribution in [0.2, 0.25) is 0 Å². The molecule has 8 atom stereocenters. The Balaban J connectivity index is 1.10. The van der Waals surface area contributed by atoms with Gasteiger partial charge in [0.05, 0.1) is 12.1 Å². The number of carbonyl (C=O) groups excluding carboxylic acids is 1. The van der Waals surface area contributed by atoms with E-state index in [9.17, 15) is 4.79 Å². The topological polar surface area (TPSA) is 48.0 Å². The summed E-state index contributed by atoms with van der Waals surface area (Å²) < 4.78 is 12.5. The minimum Gasteiger partial charge on any atom is -0.462 e. The Labute approximate surface area is 194 Å². The molecule has 3 heterocycles. The fraction of sp³-hybridized carbons (Fsp3) is 0.963. The van der Waals surface area contributed by atoms with Crippen molar-refractivity contribution in [3.8, 4) is 0 Å². The fourth-order valence-electron chi connectivity index (χ4n) is 7.82. The number of fused-ring (bicyclic) bond motifs is 9. The van der Waals surface area contributed by atoms with E-state index in [2.05, 4.69) is 32.8 Å². The maximum Gasteiger partial charge on any atom is 0.316 e. The SMILES string of the molecule is CCCCCCCCCCC[C@H]1C[C@@H]2ON3C4C5CCC(C)([C@@H]4OC3[C@@H]2C(=O)O1)C5(C)C. The van der Waals surface area contributed by atoms with Crippen LogP contribution in [0.5, 0.6) is 0 Å². The van der Waals surface area contributed by atoms with Gasteiger partial charge >= 0.3 is 5.97 Å². The minimum atomic E-state index is -0.272. The number of nitrogens with zero attached hydrogens (tertiary/aromatic N) is 1. The van der Waals surface area contributed by atoms with Crippen molar-refractivity contribution in [2.75, 3.05) is 0 Å². The van der Waals surface area contributed by atoms with Crippen LogP contribution in [0.15, 0.2) is 0 Å². The number of rotatable bonds is 10. The number of ether oxygens (including phenoxy) is 2. The molecule has 5 heteroatoms. The minimum absolute atomic E-state index is 0.0121. The second-order valence-electron chi connectivity index (χ2n) is 12.2. The lowest BCUT2D eigenvalue weighted by atomic mass is 9.70. The van der Waals surface area contributed by atoms with Gasteiger partial charge in [0.2, 0.25) is 0 Å². The highest BCUT2D eigenvalue weighted by Gasteiger charge is 2.74. The van der Waals surface area contributed by atoms with E-state index in [-0.39, 0.29) is 47.3 Å². The average molecular weight is 448 g/mol. The van der Waals surface area contributed by atoms with E-state index >= 15 is 0 Å². The van der Waals surface area contributed by atoms with Crippen molar-refractivity contribution >= 4 is 5.97 Å². The summed E-state index contributed by atoms with van der Waals surface area (Å²) in [5.74, 6) is 0.217. The maximum absolute atomic E-state index is 13.0. The maximum atomic E-state index is 13.0. The smallest absolute Gasteiger partial charge is 0.316 e. The second-order valence-corrected chi connectivity index (χ2v) is 12.2. The van der Waals surface area contributed by atoms with Crippen molar-refractivity contribution in [3.05, 3.63) is 0 Å². The van der Waals surface area contributed by atoms with E-state index in [0.29, 0.717) is 12.0 Å². The van der Waals surface area contributed by atoms with Crippen LogP contribution in [-0.2, 0) is 19.1 Å². The molecule has 0 spiro atoms. The van der Waals surface area contributed by atoms with Crippen LogP contribution in [0.1, 0.15) is 111 Å². The van der Waals surface area contributed by atoms with Crippen molar-refractivity contribution in [2.45, 2.75) is 142 Å². The summed E-state index contributed by atoms with van der Waals surface area (Å²) in [6.07, 6.45) is 16.0. The lowest BCUT2D eigenvalue weighted by molar-refractivity contribution is -0.203. The molecule has 2 bridgehead atoms. The van der Waals surface area contributed by atoms with E-state index < -0.39 is 0 Å². The standard InChI is InChI=1S/C27H45NO4/c1-5-6-7-8-9-10-11-12-13-14-18-17-20-21(25(29)30-18)24-28(32-20)22-19-15-16-27(4,23(22)31-24)26(19,2)3/h18-24H,5-17H2,1-4H3/t18-,19?,20-,21+,22?,23+,24?,27?/m0/s1. The molecule has 0 aromatic rings. The van der Waals surface area contributed by atoms with Gasteiger partial charge in [0.1, 0.15) is 24.4 Å². The average Bonchev–Trinajstić information content (AvgIpc) is 3.39. The number of cyclic esters (lactones) is 1. The van der Waals surface area contributed by atoms with Gasteiger partial charge in [-0.2, -0.15) is 5.06 Å². The molecule has 2 saturated carbocycles. The van der Waals surface area contributed by atoms with E-state index in [4.69, 9.17) is 14.3 Å². The molecule has 4 unspecified atom stereocenters. The summed E-state index contributed by atoms with van der Waals surface area (Å²) in [5.41, 5.74) is 0.423. The van der Waals surface area contributed by atoms with Gasteiger partial charge in [0.15, 0.2) is 0 Å². The van der Waals surface area contributed by atoms with Crippen molar-refractivity contribution in [1.82, 2.24) is 5.06 Å². The van der Waals surface area contributed by atoms with Crippen molar-refractivity contribution in [3.63, 3.8) is 0 Å². The predicted octanol–water partition coefficient (Wildman–Crippen LogP) is 6.00. The normalized spacial score (nSPS) is 43.9. The molecule has 5 nitrogen and oxygen atoms in total. The van der Waals surface area contributed by atoms with Crippen LogP contribution < -0.4 is 0 Å². The number of hydroxylamine groups is 2. The Hall–Kier alpha value is -0.650. The van der Waals surface area contributed by atoms with Crippen LogP contribution in [0.25, 0.3) is 0 Å². The van der Waals surface area contributed by atoms with Crippen molar-refractivity contribution < 1.29 is 19.1 Å².